The second-order valence-electron chi connectivity index (χ2n) is 4.67. The number of hydrogen-bond donors (Lipinski definition) is 0. The van der Waals surface area contributed by atoms with Gasteiger partial charge in [-0.3, -0.25) is 0 Å². The molecule has 0 fully saturated rings. The van der Waals surface area contributed by atoms with Crippen molar-refractivity contribution in [3.63, 3.8) is 0 Å². The Hall–Kier alpha value is -0.260. The van der Waals surface area contributed by atoms with Gasteiger partial charge in [0.1, 0.15) is 0 Å². The molecule has 0 aromatic heterocycles. The second kappa shape index (κ2) is 3.64. The van der Waals surface area contributed by atoms with Crippen LogP contribution in [0.15, 0.2) is 12.2 Å². The number of allylic oxidation sites excluding steroid dienone is 2. The maximum atomic E-state index is 2.41. The molecule has 0 amide bonds. The lowest BCUT2D eigenvalue weighted by Gasteiger charge is -2.41. The highest BCUT2D eigenvalue weighted by Gasteiger charge is 2.34. The van der Waals surface area contributed by atoms with Gasteiger partial charge in [0.05, 0.1) is 0 Å². The summed E-state index contributed by atoms with van der Waals surface area (Å²) in [6.07, 6.45) is 8.69. The van der Waals surface area contributed by atoms with E-state index >= 15 is 0 Å². The van der Waals surface area contributed by atoms with Gasteiger partial charge in [-0.25, -0.2) is 0 Å². The Morgan fingerprint density at radius 2 is 2.00 bits per heavy atom. The van der Waals surface area contributed by atoms with E-state index in [0.717, 1.165) is 11.8 Å². The molecule has 0 bridgehead atoms. The lowest BCUT2D eigenvalue weighted by Crippen LogP contribution is -2.31. The van der Waals surface area contributed by atoms with Crippen molar-refractivity contribution in [3.05, 3.63) is 12.2 Å². The molecule has 1 aliphatic rings. The van der Waals surface area contributed by atoms with E-state index in [4.69, 9.17) is 0 Å². The molecule has 0 aliphatic heterocycles. The molecule has 1 aliphatic carbocycles. The molecular formula is C12H22. The van der Waals surface area contributed by atoms with Gasteiger partial charge in [0, 0.05) is 0 Å². The summed E-state index contributed by atoms with van der Waals surface area (Å²) in [6.45, 7) is 9.47. The molecule has 0 N–H and O–H groups in total. The van der Waals surface area contributed by atoms with Crippen LogP contribution in [0.2, 0.25) is 0 Å². The smallest absolute Gasteiger partial charge is 0.00839 e. The largest absolute Gasteiger partial charge is 0.0871 e. The van der Waals surface area contributed by atoms with Crippen LogP contribution in [0.5, 0.6) is 0 Å². The molecule has 1 rings (SSSR count). The van der Waals surface area contributed by atoms with E-state index in [1.54, 1.807) is 0 Å². The van der Waals surface area contributed by atoms with E-state index in [9.17, 15) is 0 Å². The highest BCUT2D eigenvalue weighted by atomic mass is 14.4. The first-order valence-electron chi connectivity index (χ1n) is 5.28. The average molecular weight is 166 g/mol. The number of rotatable bonds is 4. The van der Waals surface area contributed by atoms with Crippen LogP contribution in [0, 0.1) is 17.3 Å². The van der Waals surface area contributed by atoms with E-state index in [-0.39, 0.29) is 0 Å². The monoisotopic (exact) mass is 166 g/mol. The van der Waals surface area contributed by atoms with E-state index < -0.39 is 0 Å². The first-order chi connectivity index (χ1) is 5.60. The van der Waals surface area contributed by atoms with Crippen molar-refractivity contribution in [2.24, 2.45) is 17.3 Å². The topological polar surface area (TPSA) is 0 Å². The summed E-state index contributed by atoms with van der Waals surface area (Å²) < 4.78 is 0. The van der Waals surface area contributed by atoms with Crippen LogP contribution in [0.4, 0.5) is 0 Å². The lowest BCUT2D eigenvalue weighted by atomic mass is 9.64. The van der Waals surface area contributed by atoms with Crippen molar-refractivity contribution < 1.29 is 0 Å². The Morgan fingerprint density at radius 3 is 2.33 bits per heavy atom. The van der Waals surface area contributed by atoms with Gasteiger partial charge in [0.25, 0.3) is 0 Å². The minimum atomic E-state index is 0.522. The van der Waals surface area contributed by atoms with Gasteiger partial charge in [-0.2, -0.15) is 0 Å². The second-order valence-corrected chi connectivity index (χ2v) is 4.67. The summed E-state index contributed by atoms with van der Waals surface area (Å²) in [7, 11) is 0. The van der Waals surface area contributed by atoms with Crippen LogP contribution in [-0.2, 0) is 0 Å². The predicted molar refractivity (Wildman–Crippen MR) is 55.1 cm³/mol. The zero-order valence-electron chi connectivity index (χ0n) is 8.93. The molecule has 70 valence electrons. The zero-order valence-corrected chi connectivity index (χ0v) is 8.93. The van der Waals surface area contributed by atoms with Crippen LogP contribution in [0.1, 0.15) is 47.0 Å². The Labute approximate surface area is 77.1 Å². The summed E-state index contributed by atoms with van der Waals surface area (Å²) >= 11 is 0. The Bertz CT molecular complexity index is 169. The van der Waals surface area contributed by atoms with Gasteiger partial charge in [-0.15, -0.1) is 0 Å². The van der Waals surface area contributed by atoms with E-state index in [1.165, 1.54) is 19.3 Å². The van der Waals surface area contributed by atoms with Crippen LogP contribution in [-0.4, -0.2) is 0 Å². The molecule has 3 atom stereocenters. The molecular weight excluding hydrogens is 144 g/mol. The molecule has 0 saturated heterocycles. The first kappa shape index (κ1) is 9.83. The maximum Gasteiger partial charge on any atom is -0.00839 e. The van der Waals surface area contributed by atoms with Crippen molar-refractivity contribution in [1.29, 1.82) is 0 Å². The summed E-state index contributed by atoms with van der Waals surface area (Å²) in [6, 6.07) is 0. The van der Waals surface area contributed by atoms with Gasteiger partial charge in [0.2, 0.25) is 0 Å². The molecule has 0 heterocycles. The zero-order chi connectivity index (χ0) is 9.19. The van der Waals surface area contributed by atoms with Gasteiger partial charge >= 0.3 is 0 Å². The molecule has 12 heavy (non-hydrogen) atoms. The van der Waals surface area contributed by atoms with Crippen LogP contribution < -0.4 is 0 Å². The van der Waals surface area contributed by atoms with Crippen LogP contribution in [0.25, 0.3) is 0 Å². The molecule has 0 nitrogen and oxygen atoms in total. The van der Waals surface area contributed by atoms with Crippen molar-refractivity contribution in [2.75, 3.05) is 0 Å². The normalized spacial score (nSPS) is 32.7. The number of hydrogen-bond acceptors (Lipinski definition) is 0. The summed E-state index contributed by atoms with van der Waals surface area (Å²) in [5, 5.41) is 0. The molecule has 0 aromatic carbocycles. The predicted octanol–water partition coefficient (Wildman–Crippen LogP) is 4.02. The lowest BCUT2D eigenvalue weighted by molar-refractivity contribution is 0.174. The van der Waals surface area contributed by atoms with Crippen LogP contribution >= 0.6 is 0 Å². The highest BCUT2D eigenvalue weighted by molar-refractivity contribution is 5.13. The SMILES string of the molecule is CCCC(C)C(C)C1(C)C=CC1. The quantitative estimate of drug-likeness (QED) is 0.553. The molecule has 3 unspecified atom stereocenters. The summed E-state index contributed by atoms with van der Waals surface area (Å²) in [5.74, 6) is 1.73. The maximum absolute atomic E-state index is 2.41. The van der Waals surface area contributed by atoms with Gasteiger partial charge in [0.15, 0.2) is 0 Å². The summed E-state index contributed by atoms with van der Waals surface area (Å²) in [5.41, 5.74) is 0.522. The average Bonchev–Trinajstić information content (AvgIpc) is 1.99. The Kier molecular flexibility index (Phi) is 2.98. The minimum Gasteiger partial charge on any atom is -0.0871 e. The molecule has 0 radical (unpaired) electrons. The van der Waals surface area contributed by atoms with Crippen molar-refractivity contribution in [1.82, 2.24) is 0 Å². The molecule has 0 aromatic rings. The standard InChI is InChI=1S/C12H22/c1-5-7-10(2)11(3)12(4)8-6-9-12/h6,8,10-11H,5,7,9H2,1-4H3. The first-order valence-corrected chi connectivity index (χ1v) is 5.28. The highest BCUT2D eigenvalue weighted by Crippen LogP contribution is 2.44. The fraction of sp³-hybridized carbons (Fsp3) is 0.833. The molecule has 0 saturated carbocycles. The summed E-state index contributed by atoms with van der Waals surface area (Å²) in [4.78, 5) is 0. The fourth-order valence-electron chi connectivity index (χ4n) is 2.18. The Morgan fingerprint density at radius 1 is 1.42 bits per heavy atom. The van der Waals surface area contributed by atoms with E-state index in [1.807, 2.05) is 0 Å². The fourth-order valence-corrected chi connectivity index (χ4v) is 2.18. The third-order valence-corrected chi connectivity index (χ3v) is 3.69. The Balaban J connectivity index is 2.46. The van der Waals surface area contributed by atoms with Crippen molar-refractivity contribution in [2.45, 2.75) is 47.0 Å². The van der Waals surface area contributed by atoms with Gasteiger partial charge in [-0.1, -0.05) is 52.7 Å². The minimum absolute atomic E-state index is 0.522. The van der Waals surface area contributed by atoms with E-state index in [2.05, 4.69) is 39.8 Å². The molecule has 0 spiro atoms. The van der Waals surface area contributed by atoms with Gasteiger partial charge in [-0.05, 0) is 23.7 Å². The third-order valence-electron chi connectivity index (χ3n) is 3.69. The van der Waals surface area contributed by atoms with Crippen molar-refractivity contribution in [3.8, 4) is 0 Å². The van der Waals surface area contributed by atoms with E-state index in [0.29, 0.717) is 5.41 Å². The van der Waals surface area contributed by atoms with Crippen LogP contribution in [0.3, 0.4) is 0 Å². The third kappa shape index (κ3) is 1.73. The van der Waals surface area contributed by atoms with Crippen molar-refractivity contribution >= 4 is 0 Å². The molecule has 0 heteroatoms. The van der Waals surface area contributed by atoms with Gasteiger partial charge < -0.3 is 0 Å².